The Morgan fingerprint density at radius 1 is 1.67 bits per heavy atom. The van der Waals surface area contributed by atoms with E-state index in [4.69, 9.17) is 0 Å². The lowest BCUT2D eigenvalue weighted by molar-refractivity contribution is -0.140. The Hall–Kier alpha value is -1.65. The molecule has 2 heterocycles. The van der Waals surface area contributed by atoms with Gasteiger partial charge in [0, 0.05) is 18.8 Å². The quantitative estimate of drug-likeness (QED) is 0.553. The van der Waals surface area contributed by atoms with Crippen LogP contribution in [0.25, 0.3) is 0 Å². The molecule has 1 aliphatic rings. The van der Waals surface area contributed by atoms with Crippen LogP contribution in [-0.2, 0) is 16.7 Å². The van der Waals surface area contributed by atoms with Crippen molar-refractivity contribution < 1.29 is 9.63 Å². The molecule has 0 fully saturated rings. The molecular formula is C7H7N3O2. The molecular weight excluding hydrogens is 158 g/mol. The molecule has 0 atom stereocenters. The topological polar surface area (TPSA) is 56.5 Å². The summed E-state index contributed by atoms with van der Waals surface area (Å²) in [7, 11) is 1.81. The summed E-state index contributed by atoms with van der Waals surface area (Å²) in [6.07, 6.45) is 3.69. The van der Waals surface area contributed by atoms with E-state index in [-0.39, 0.29) is 12.4 Å². The Morgan fingerprint density at radius 3 is 3.00 bits per heavy atom. The fourth-order valence-corrected chi connectivity index (χ4v) is 1.03. The van der Waals surface area contributed by atoms with Crippen LogP contribution in [0.2, 0.25) is 0 Å². The zero-order valence-corrected chi connectivity index (χ0v) is 6.52. The van der Waals surface area contributed by atoms with Gasteiger partial charge >= 0.3 is 5.97 Å². The molecule has 0 aromatic carbocycles. The van der Waals surface area contributed by atoms with Crippen molar-refractivity contribution in [3.05, 3.63) is 18.0 Å². The number of carbonyl (C=O) groups is 1. The first-order chi connectivity index (χ1) is 5.75. The molecule has 0 N–H and O–H groups in total. The van der Waals surface area contributed by atoms with Crippen LogP contribution in [0.5, 0.6) is 0 Å². The van der Waals surface area contributed by atoms with Gasteiger partial charge in [0.15, 0.2) is 0 Å². The fraction of sp³-hybridized carbons (Fsp3) is 0.286. The predicted octanol–water partition coefficient (Wildman–Crippen LogP) is 0.0711. The normalized spacial score (nSPS) is 16.1. The average Bonchev–Trinajstić information content (AvgIpc) is 2.58. The molecule has 0 unspecified atom stereocenters. The van der Waals surface area contributed by atoms with Gasteiger partial charge in [0.25, 0.3) is 0 Å². The van der Waals surface area contributed by atoms with E-state index in [1.807, 2.05) is 7.05 Å². The summed E-state index contributed by atoms with van der Waals surface area (Å²) >= 11 is 0. The van der Waals surface area contributed by atoms with Crippen LogP contribution in [0.1, 0.15) is 12.0 Å². The summed E-state index contributed by atoms with van der Waals surface area (Å²) in [5, 5.41) is 7.57. The molecule has 0 amide bonds. The number of hydrogen-bond acceptors (Lipinski definition) is 4. The highest BCUT2D eigenvalue weighted by Gasteiger charge is 2.19. The van der Waals surface area contributed by atoms with Crippen LogP contribution in [-0.4, -0.2) is 21.5 Å². The average molecular weight is 165 g/mol. The Labute approximate surface area is 68.6 Å². The molecule has 1 aliphatic heterocycles. The molecule has 12 heavy (non-hydrogen) atoms. The maximum atomic E-state index is 10.7. The summed E-state index contributed by atoms with van der Waals surface area (Å²) in [5.41, 5.74) is 1.48. The molecule has 1 aromatic heterocycles. The number of aromatic nitrogens is 2. The monoisotopic (exact) mass is 165 g/mol. The maximum Gasteiger partial charge on any atom is 0.341 e. The molecule has 5 heteroatoms. The molecule has 62 valence electrons. The summed E-state index contributed by atoms with van der Waals surface area (Å²) in [5.74, 6) is -0.311. The minimum atomic E-state index is -0.311. The lowest BCUT2D eigenvalue weighted by Crippen LogP contribution is -1.99. The van der Waals surface area contributed by atoms with E-state index in [2.05, 4.69) is 15.1 Å². The minimum absolute atomic E-state index is 0.242. The third kappa shape index (κ3) is 1.09. The van der Waals surface area contributed by atoms with Crippen molar-refractivity contribution in [2.45, 2.75) is 6.42 Å². The fourth-order valence-electron chi connectivity index (χ4n) is 1.03. The summed E-state index contributed by atoms with van der Waals surface area (Å²) in [4.78, 5) is 15.1. The zero-order chi connectivity index (χ0) is 8.55. The second-order valence-electron chi connectivity index (χ2n) is 2.58. The number of nitrogens with zero attached hydrogens (tertiary/aromatic N) is 3. The first-order valence-electron chi connectivity index (χ1n) is 3.51. The van der Waals surface area contributed by atoms with Gasteiger partial charge in [-0.15, -0.1) is 0 Å². The van der Waals surface area contributed by atoms with Crippen molar-refractivity contribution in [1.29, 1.82) is 0 Å². The molecule has 0 saturated heterocycles. The number of aryl methyl sites for hydroxylation is 1. The number of oxime groups is 1. The first-order valence-corrected chi connectivity index (χ1v) is 3.51. The molecule has 0 aliphatic carbocycles. The molecule has 1 aromatic rings. The van der Waals surface area contributed by atoms with Gasteiger partial charge in [0.05, 0.1) is 12.6 Å². The standard InChI is InChI=1S/C7H7N3O2/c1-10-4-5(3-8-10)6-2-7(11)12-9-6/h3-4H,2H2,1H3. The van der Waals surface area contributed by atoms with Gasteiger partial charge in [-0.2, -0.15) is 5.10 Å². The number of carbonyl (C=O) groups excluding carboxylic acids is 1. The van der Waals surface area contributed by atoms with E-state index >= 15 is 0 Å². The van der Waals surface area contributed by atoms with Crippen LogP contribution in [0.4, 0.5) is 0 Å². The van der Waals surface area contributed by atoms with Gasteiger partial charge in [0.2, 0.25) is 0 Å². The predicted molar refractivity (Wildman–Crippen MR) is 40.5 cm³/mol. The summed E-state index contributed by atoms with van der Waals surface area (Å²) in [6.45, 7) is 0. The van der Waals surface area contributed by atoms with Gasteiger partial charge in [-0.3, -0.25) is 4.68 Å². The molecule has 0 saturated carbocycles. The first kappa shape index (κ1) is 7.02. The van der Waals surface area contributed by atoms with E-state index in [0.717, 1.165) is 5.56 Å². The zero-order valence-electron chi connectivity index (χ0n) is 6.52. The van der Waals surface area contributed by atoms with Gasteiger partial charge in [-0.25, -0.2) is 4.79 Å². The third-order valence-electron chi connectivity index (χ3n) is 1.61. The summed E-state index contributed by atoms with van der Waals surface area (Å²) in [6, 6.07) is 0. The highest BCUT2D eigenvalue weighted by atomic mass is 16.7. The van der Waals surface area contributed by atoms with Crippen molar-refractivity contribution in [3.63, 3.8) is 0 Å². The molecule has 2 rings (SSSR count). The van der Waals surface area contributed by atoms with Crippen LogP contribution >= 0.6 is 0 Å². The Kier molecular flexibility index (Phi) is 1.43. The Morgan fingerprint density at radius 2 is 2.50 bits per heavy atom. The van der Waals surface area contributed by atoms with E-state index in [9.17, 15) is 4.79 Å². The number of hydrogen-bond donors (Lipinski definition) is 0. The molecule has 5 nitrogen and oxygen atoms in total. The highest BCUT2D eigenvalue weighted by Crippen LogP contribution is 2.10. The van der Waals surface area contributed by atoms with Gasteiger partial charge in [-0.05, 0) is 0 Å². The molecule has 0 spiro atoms. The minimum Gasteiger partial charge on any atom is -0.318 e. The largest absolute Gasteiger partial charge is 0.341 e. The second-order valence-corrected chi connectivity index (χ2v) is 2.58. The van der Waals surface area contributed by atoms with E-state index < -0.39 is 0 Å². The highest BCUT2D eigenvalue weighted by molar-refractivity contribution is 6.11. The van der Waals surface area contributed by atoms with E-state index in [1.165, 1.54) is 0 Å². The Bertz CT molecular complexity index is 353. The lowest BCUT2D eigenvalue weighted by atomic mass is 10.2. The maximum absolute atomic E-state index is 10.7. The van der Waals surface area contributed by atoms with E-state index in [1.54, 1.807) is 17.1 Å². The van der Waals surface area contributed by atoms with Crippen LogP contribution in [0.15, 0.2) is 17.5 Å². The lowest BCUT2D eigenvalue weighted by Gasteiger charge is -1.86. The van der Waals surface area contributed by atoms with Crippen molar-refractivity contribution in [3.8, 4) is 0 Å². The van der Waals surface area contributed by atoms with Crippen LogP contribution in [0, 0.1) is 0 Å². The van der Waals surface area contributed by atoms with Crippen molar-refractivity contribution in [1.82, 2.24) is 9.78 Å². The van der Waals surface area contributed by atoms with Gasteiger partial charge in [0.1, 0.15) is 5.71 Å². The third-order valence-corrected chi connectivity index (χ3v) is 1.61. The van der Waals surface area contributed by atoms with Crippen molar-refractivity contribution in [2.75, 3.05) is 0 Å². The van der Waals surface area contributed by atoms with E-state index in [0.29, 0.717) is 5.71 Å². The van der Waals surface area contributed by atoms with Crippen LogP contribution in [0.3, 0.4) is 0 Å². The second kappa shape index (κ2) is 2.44. The smallest absolute Gasteiger partial charge is 0.318 e. The van der Waals surface area contributed by atoms with Crippen LogP contribution < -0.4 is 0 Å². The van der Waals surface area contributed by atoms with Crippen molar-refractivity contribution in [2.24, 2.45) is 12.2 Å². The molecule has 0 radical (unpaired) electrons. The van der Waals surface area contributed by atoms with Crippen molar-refractivity contribution >= 4 is 11.7 Å². The van der Waals surface area contributed by atoms with Gasteiger partial charge < -0.3 is 4.84 Å². The summed E-state index contributed by atoms with van der Waals surface area (Å²) < 4.78 is 1.65. The van der Waals surface area contributed by atoms with Gasteiger partial charge in [-0.1, -0.05) is 5.16 Å². The Balaban J connectivity index is 2.27. The molecule has 0 bridgehead atoms. The SMILES string of the molecule is Cn1cc(C2=NOC(=O)C2)cn1. The number of rotatable bonds is 1.